The van der Waals surface area contributed by atoms with Gasteiger partial charge in [0.2, 0.25) is 0 Å². The van der Waals surface area contributed by atoms with Crippen LogP contribution in [-0.4, -0.2) is 23.7 Å². The zero-order valence-corrected chi connectivity index (χ0v) is 16.3. The molecule has 0 aliphatic carbocycles. The summed E-state index contributed by atoms with van der Waals surface area (Å²) < 4.78 is 0.860. The minimum absolute atomic E-state index is 0.728. The Kier molecular flexibility index (Phi) is 12.1. The van der Waals surface area contributed by atoms with E-state index in [4.69, 9.17) is 5.84 Å². The van der Waals surface area contributed by atoms with Crippen molar-refractivity contribution in [2.24, 2.45) is 5.84 Å². The van der Waals surface area contributed by atoms with Crippen molar-refractivity contribution in [3.63, 3.8) is 0 Å². The lowest BCUT2D eigenvalue weighted by Crippen LogP contribution is -2.37. The summed E-state index contributed by atoms with van der Waals surface area (Å²) in [6, 6.07) is 0.728. The molecule has 2 nitrogen and oxygen atoms in total. The highest BCUT2D eigenvalue weighted by molar-refractivity contribution is 4.64. The molecule has 1 aliphatic heterocycles. The highest BCUT2D eigenvalue weighted by Gasteiger charge is 2.48. The zero-order valence-electron chi connectivity index (χ0n) is 16.3. The van der Waals surface area contributed by atoms with Crippen molar-refractivity contribution in [1.29, 1.82) is 0 Å². The molecule has 2 N–H and O–H groups in total. The summed E-state index contributed by atoms with van der Waals surface area (Å²) in [5, 5.41) is 0. The lowest BCUT2D eigenvalue weighted by Gasteiger charge is -2.11. The third-order valence-electron chi connectivity index (χ3n) is 5.78. The van der Waals surface area contributed by atoms with Gasteiger partial charge in [0.1, 0.15) is 0 Å². The van der Waals surface area contributed by atoms with Crippen molar-refractivity contribution < 1.29 is 4.59 Å². The van der Waals surface area contributed by atoms with Gasteiger partial charge in [-0.1, -0.05) is 96.8 Å². The van der Waals surface area contributed by atoms with Crippen molar-refractivity contribution in [1.82, 2.24) is 0 Å². The second kappa shape index (κ2) is 13.2. The highest BCUT2D eigenvalue weighted by Crippen LogP contribution is 2.25. The van der Waals surface area contributed by atoms with E-state index >= 15 is 0 Å². The number of hydrogen-bond acceptors (Lipinski definition) is 1. The molecule has 1 fully saturated rings. The molecule has 1 aliphatic rings. The van der Waals surface area contributed by atoms with Gasteiger partial charge in [0.25, 0.3) is 0 Å². The molecule has 0 amide bonds. The molecule has 0 aromatic carbocycles. The first kappa shape index (κ1) is 21.0. The zero-order chi connectivity index (χ0) is 16.8. The number of quaternary nitrogens is 1. The number of hydrogen-bond donors (Lipinski definition) is 1. The molecular weight excluding hydrogens is 280 g/mol. The van der Waals surface area contributed by atoms with Crippen LogP contribution >= 0.6 is 0 Å². The van der Waals surface area contributed by atoms with Gasteiger partial charge in [0.15, 0.2) is 12.6 Å². The molecule has 2 unspecified atom stereocenters. The minimum atomic E-state index is 0.728. The van der Waals surface area contributed by atoms with Crippen LogP contribution in [0.25, 0.3) is 0 Å². The maximum atomic E-state index is 6.19. The van der Waals surface area contributed by atoms with Gasteiger partial charge in [-0.2, -0.15) is 5.84 Å². The Morgan fingerprint density at radius 1 is 0.652 bits per heavy atom. The molecule has 0 bridgehead atoms. The first-order valence-corrected chi connectivity index (χ1v) is 10.8. The summed E-state index contributed by atoms with van der Waals surface area (Å²) in [5.74, 6) is 6.19. The van der Waals surface area contributed by atoms with E-state index in [0.29, 0.717) is 0 Å². The van der Waals surface area contributed by atoms with Crippen LogP contribution in [0.5, 0.6) is 0 Å². The monoisotopic (exact) mass is 325 g/mol. The second-order valence-electron chi connectivity index (χ2n) is 8.16. The number of nitrogens with two attached hydrogens (primary N) is 1. The summed E-state index contributed by atoms with van der Waals surface area (Å²) in [6.07, 6.45) is 23.1. The molecule has 1 rings (SSSR count). The van der Waals surface area contributed by atoms with E-state index in [-0.39, 0.29) is 0 Å². The number of rotatable bonds is 17. The van der Waals surface area contributed by atoms with E-state index in [0.717, 1.165) is 10.6 Å². The summed E-state index contributed by atoms with van der Waals surface area (Å²) in [6.45, 7) is 6.98. The number of nitrogens with zero attached hydrogens (tertiary/aromatic N) is 1. The lowest BCUT2D eigenvalue weighted by atomic mass is 10.0. The van der Waals surface area contributed by atoms with Crippen molar-refractivity contribution >= 4 is 0 Å². The molecule has 0 spiro atoms. The lowest BCUT2D eigenvalue weighted by molar-refractivity contribution is -0.825. The largest absolute Gasteiger partial charge is 0.236 e. The Labute approximate surface area is 146 Å². The van der Waals surface area contributed by atoms with Crippen LogP contribution in [-0.2, 0) is 0 Å². The standard InChI is InChI=1S/C21H45N2/c1-3-4-5-6-7-8-9-10-11-12-13-14-15-16-17-18-19-23(22)20-21(23)2/h21H,3-20,22H2,1-2H3/q+1. The van der Waals surface area contributed by atoms with Crippen LogP contribution in [0.4, 0.5) is 0 Å². The predicted molar refractivity (Wildman–Crippen MR) is 103 cm³/mol. The average Bonchev–Trinajstić information content (AvgIpc) is 3.14. The van der Waals surface area contributed by atoms with Gasteiger partial charge in [-0.05, 0) is 19.8 Å². The van der Waals surface area contributed by atoms with Crippen molar-refractivity contribution in [3.05, 3.63) is 0 Å². The summed E-state index contributed by atoms with van der Waals surface area (Å²) >= 11 is 0. The molecule has 0 aromatic heterocycles. The van der Waals surface area contributed by atoms with Crippen LogP contribution in [0.15, 0.2) is 0 Å². The molecule has 1 saturated heterocycles. The average molecular weight is 326 g/mol. The van der Waals surface area contributed by atoms with Gasteiger partial charge in [-0.3, -0.25) is 0 Å². The van der Waals surface area contributed by atoms with E-state index < -0.39 is 0 Å². The van der Waals surface area contributed by atoms with Gasteiger partial charge >= 0.3 is 0 Å². The Balaban J connectivity index is 1.66. The first-order valence-electron chi connectivity index (χ1n) is 10.8. The Morgan fingerprint density at radius 3 is 1.26 bits per heavy atom. The predicted octanol–water partition coefficient (Wildman–Crippen LogP) is 6.34. The summed E-state index contributed by atoms with van der Waals surface area (Å²) in [5.41, 5.74) is 0. The quantitative estimate of drug-likeness (QED) is 0.143. The minimum Gasteiger partial charge on any atom is -0.236 e. The molecule has 2 heteroatoms. The van der Waals surface area contributed by atoms with Crippen LogP contribution < -0.4 is 5.84 Å². The SMILES string of the molecule is CCCCCCCCCCCCCCCCCC[N+]1(N)CC1C. The Morgan fingerprint density at radius 2 is 0.957 bits per heavy atom. The second-order valence-corrected chi connectivity index (χ2v) is 8.16. The fourth-order valence-corrected chi connectivity index (χ4v) is 3.71. The van der Waals surface area contributed by atoms with Crippen LogP contribution in [0.1, 0.15) is 117 Å². The van der Waals surface area contributed by atoms with Crippen molar-refractivity contribution in [2.45, 2.75) is 123 Å². The van der Waals surface area contributed by atoms with E-state index in [1.807, 2.05) is 0 Å². The molecule has 2 atom stereocenters. The van der Waals surface area contributed by atoms with Gasteiger partial charge in [0, 0.05) is 0 Å². The van der Waals surface area contributed by atoms with E-state index in [1.54, 1.807) is 0 Å². The van der Waals surface area contributed by atoms with Gasteiger partial charge in [-0.25, -0.2) is 4.59 Å². The fraction of sp³-hybridized carbons (Fsp3) is 1.00. The van der Waals surface area contributed by atoms with Crippen LogP contribution in [0.3, 0.4) is 0 Å². The van der Waals surface area contributed by atoms with Crippen molar-refractivity contribution in [2.75, 3.05) is 13.1 Å². The normalized spacial score (nSPS) is 23.3. The summed E-state index contributed by atoms with van der Waals surface area (Å²) in [4.78, 5) is 0. The Hall–Kier alpha value is -0.0800. The molecule has 0 radical (unpaired) electrons. The molecule has 23 heavy (non-hydrogen) atoms. The van der Waals surface area contributed by atoms with Crippen LogP contribution in [0, 0.1) is 0 Å². The molecule has 0 aromatic rings. The van der Waals surface area contributed by atoms with Crippen LogP contribution in [0.2, 0.25) is 0 Å². The topological polar surface area (TPSA) is 26.0 Å². The molecule has 1 heterocycles. The maximum absolute atomic E-state index is 6.19. The number of unbranched alkanes of at least 4 members (excludes halogenated alkanes) is 15. The third-order valence-corrected chi connectivity index (χ3v) is 5.78. The smallest absolute Gasteiger partial charge is 0.155 e. The Bertz CT molecular complexity index is 267. The fourth-order valence-electron chi connectivity index (χ4n) is 3.71. The highest BCUT2D eigenvalue weighted by atomic mass is 15.7. The van der Waals surface area contributed by atoms with Gasteiger partial charge in [0.05, 0.1) is 6.54 Å². The maximum Gasteiger partial charge on any atom is 0.155 e. The third kappa shape index (κ3) is 11.2. The molecule has 138 valence electrons. The van der Waals surface area contributed by atoms with E-state index in [9.17, 15) is 0 Å². The van der Waals surface area contributed by atoms with Gasteiger partial charge in [-0.15, -0.1) is 0 Å². The van der Waals surface area contributed by atoms with E-state index in [1.165, 1.54) is 116 Å². The van der Waals surface area contributed by atoms with Gasteiger partial charge < -0.3 is 0 Å². The summed E-state index contributed by atoms with van der Waals surface area (Å²) in [7, 11) is 0. The van der Waals surface area contributed by atoms with Crippen molar-refractivity contribution in [3.8, 4) is 0 Å². The molecular formula is C21H45N2+. The first-order chi connectivity index (χ1) is 11.2. The van der Waals surface area contributed by atoms with E-state index in [2.05, 4.69) is 13.8 Å². The molecule has 0 saturated carbocycles.